The summed E-state index contributed by atoms with van der Waals surface area (Å²) in [5, 5.41) is 0. The van der Waals surface area contributed by atoms with E-state index in [0.29, 0.717) is 25.3 Å². The number of rotatable bonds is 6. The Bertz CT molecular complexity index is 709. The van der Waals surface area contributed by atoms with Gasteiger partial charge in [0.05, 0.1) is 6.10 Å². The molecule has 0 spiro atoms. The molecular formula is C21H27ClN2O3. The molecule has 146 valence electrons. The number of hydrogen-bond acceptors (Lipinski definition) is 4. The fraction of sp³-hybridized carbons (Fsp3) is 0.381. The number of ether oxygens (including phenoxy) is 2. The van der Waals surface area contributed by atoms with E-state index in [2.05, 4.69) is 0 Å². The molecule has 0 aromatic heterocycles. The number of methoxy groups -OCH3 is 1. The average molecular weight is 391 g/mol. The Morgan fingerprint density at radius 1 is 1.15 bits per heavy atom. The predicted octanol–water partition coefficient (Wildman–Crippen LogP) is 3.27. The molecule has 5 nitrogen and oxygen atoms in total. The zero-order chi connectivity index (χ0) is 18.4. The third kappa shape index (κ3) is 5.45. The fourth-order valence-electron chi connectivity index (χ4n) is 3.32. The van der Waals surface area contributed by atoms with Gasteiger partial charge >= 0.3 is 0 Å². The van der Waals surface area contributed by atoms with Crippen LogP contribution in [0.2, 0.25) is 0 Å². The lowest BCUT2D eigenvalue weighted by atomic mass is 9.98. The van der Waals surface area contributed by atoms with Gasteiger partial charge in [-0.3, -0.25) is 4.79 Å². The number of nitrogens with two attached hydrogens (primary N) is 1. The van der Waals surface area contributed by atoms with Crippen molar-refractivity contribution in [1.82, 2.24) is 4.90 Å². The van der Waals surface area contributed by atoms with Crippen LogP contribution in [0.25, 0.3) is 0 Å². The molecule has 27 heavy (non-hydrogen) atoms. The summed E-state index contributed by atoms with van der Waals surface area (Å²) in [5.74, 6) is 0.767. The van der Waals surface area contributed by atoms with Crippen LogP contribution in [-0.2, 0) is 11.3 Å². The van der Waals surface area contributed by atoms with Crippen LogP contribution in [0.5, 0.6) is 5.75 Å². The molecule has 3 rings (SSSR count). The first-order chi connectivity index (χ1) is 12.7. The van der Waals surface area contributed by atoms with Crippen molar-refractivity contribution < 1.29 is 14.3 Å². The summed E-state index contributed by atoms with van der Waals surface area (Å²) in [5.41, 5.74) is 7.65. The fourth-order valence-corrected chi connectivity index (χ4v) is 3.32. The van der Waals surface area contributed by atoms with Crippen molar-refractivity contribution >= 4 is 18.3 Å². The van der Waals surface area contributed by atoms with E-state index in [-0.39, 0.29) is 30.5 Å². The topological polar surface area (TPSA) is 64.8 Å². The Kier molecular flexibility index (Phi) is 8.10. The Balaban J connectivity index is 0.00000261. The molecular weight excluding hydrogens is 364 g/mol. The smallest absolute Gasteiger partial charge is 0.254 e. The van der Waals surface area contributed by atoms with Crippen LogP contribution in [0.3, 0.4) is 0 Å². The molecule has 1 aliphatic heterocycles. The molecule has 6 heteroatoms. The minimum absolute atomic E-state index is 0. The Labute approximate surface area is 166 Å². The highest BCUT2D eigenvalue weighted by Crippen LogP contribution is 2.22. The summed E-state index contributed by atoms with van der Waals surface area (Å²) in [6, 6.07) is 17.3. The standard InChI is InChI=1S/C21H26N2O3.ClH/c1-25-20-11-12-23(18(13-20)14-22)21(24)17-7-9-19(10-8-17)26-15-16-5-3-2-4-6-16;/h2-10,18,20H,11-15,22H2,1H3;1H. The van der Waals surface area contributed by atoms with Gasteiger partial charge in [0, 0.05) is 31.8 Å². The van der Waals surface area contributed by atoms with Gasteiger partial charge in [0.1, 0.15) is 12.4 Å². The molecule has 0 radical (unpaired) electrons. The van der Waals surface area contributed by atoms with E-state index < -0.39 is 0 Å². The molecule has 0 aliphatic carbocycles. The van der Waals surface area contributed by atoms with Crippen LogP contribution in [0.1, 0.15) is 28.8 Å². The number of piperidine rings is 1. The van der Waals surface area contributed by atoms with Gasteiger partial charge in [-0.05, 0) is 42.7 Å². The highest BCUT2D eigenvalue weighted by molar-refractivity contribution is 5.94. The largest absolute Gasteiger partial charge is 0.489 e. The summed E-state index contributed by atoms with van der Waals surface area (Å²) < 4.78 is 11.2. The van der Waals surface area contributed by atoms with Crippen LogP contribution in [0, 0.1) is 0 Å². The first-order valence-corrected chi connectivity index (χ1v) is 9.02. The van der Waals surface area contributed by atoms with Gasteiger partial charge in [-0.2, -0.15) is 0 Å². The van der Waals surface area contributed by atoms with Crippen molar-refractivity contribution in [3.05, 3.63) is 65.7 Å². The number of carbonyl (C=O) groups is 1. The summed E-state index contributed by atoms with van der Waals surface area (Å²) in [7, 11) is 1.71. The Morgan fingerprint density at radius 3 is 2.48 bits per heavy atom. The summed E-state index contributed by atoms with van der Waals surface area (Å²) >= 11 is 0. The quantitative estimate of drug-likeness (QED) is 0.822. The molecule has 2 aromatic rings. The van der Waals surface area contributed by atoms with E-state index in [1.807, 2.05) is 59.5 Å². The summed E-state index contributed by atoms with van der Waals surface area (Å²) in [6.45, 7) is 1.63. The van der Waals surface area contributed by atoms with Crippen LogP contribution in [0.4, 0.5) is 0 Å². The monoisotopic (exact) mass is 390 g/mol. The Hall–Kier alpha value is -2.08. The number of nitrogens with zero attached hydrogens (tertiary/aromatic N) is 1. The van der Waals surface area contributed by atoms with E-state index in [1.54, 1.807) is 7.11 Å². The van der Waals surface area contributed by atoms with Crippen molar-refractivity contribution in [2.75, 3.05) is 20.2 Å². The lowest BCUT2D eigenvalue weighted by molar-refractivity contribution is 0.0139. The van der Waals surface area contributed by atoms with Crippen molar-refractivity contribution in [2.24, 2.45) is 5.73 Å². The van der Waals surface area contributed by atoms with Crippen molar-refractivity contribution in [2.45, 2.75) is 31.6 Å². The maximum atomic E-state index is 12.8. The summed E-state index contributed by atoms with van der Waals surface area (Å²) in [6.07, 6.45) is 1.81. The number of hydrogen-bond donors (Lipinski definition) is 1. The van der Waals surface area contributed by atoms with E-state index in [0.717, 1.165) is 24.2 Å². The van der Waals surface area contributed by atoms with Gasteiger partial charge in [0.15, 0.2) is 0 Å². The van der Waals surface area contributed by atoms with Gasteiger partial charge in [0.2, 0.25) is 0 Å². The number of likely N-dealkylation sites (tertiary alicyclic amines) is 1. The second-order valence-electron chi connectivity index (χ2n) is 6.57. The molecule has 0 saturated carbocycles. The van der Waals surface area contributed by atoms with Crippen LogP contribution in [-0.4, -0.2) is 43.2 Å². The number of benzene rings is 2. The Morgan fingerprint density at radius 2 is 1.85 bits per heavy atom. The molecule has 2 atom stereocenters. The maximum Gasteiger partial charge on any atom is 0.254 e. The first-order valence-electron chi connectivity index (χ1n) is 9.02. The van der Waals surface area contributed by atoms with Gasteiger partial charge in [0.25, 0.3) is 5.91 Å². The van der Waals surface area contributed by atoms with E-state index in [9.17, 15) is 4.79 Å². The van der Waals surface area contributed by atoms with E-state index in [4.69, 9.17) is 15.2 Å². The van der Waals surface area contributed by atoms with E-state index in [1.165, 1.54) is 0 Å². The molecule has 2 N–H and O–H groups in total. The van der Waals surface area contributed by atoms with Gasteiger partial charge in [-0.15, -0.1) is 12.4 Å². The third-order valence-corrected chi connectivity index (χ3v) is 4.88. The zero-order valence-corrected chi connectivity index (χ0v) is 16.4. The van der Waals surface area contributed by atoms with Crippen LogP contribution >= 0.6 is 12.4 Å². The lowest BCUT2D eigenvalue weighted by Crippen LogP contribution is -2.51. The minimum Gasteiger partial charge on any atom is -0.489 e. The zero-order valence-electron chi connectivity index (χ0n) is 15.5. The van der Waals surface area contributed by atoms with Gasteiger partial charge < -0.3 is 20.1 Å². The number of amides is 1. The molecule has 0 bridgehead atoms. The second kappa shape index (κ2) is 10.3. The molecule has 1 aliphatic rings. The molecule has 1 heterocycles. The van der Waals surface area contributed by atoms with E-state index >= 15 is 0 Å². The van der Waals surface area contributed by atoms with Crippen molar-refractivity contribution in [3.8, 4) is 5.75 Å². The highest BCUT2D eigenvalue weighted by Gasteiger charge is 2.31. The SMILES string of the molecule is COC1CCN(C(=O)c2ccc(OCc3ccccc3)cc2)C(CN)C1.Cl. The molecule has 1 fully saturated rings. The van der Waals surface area contributed by atoms with Crippen molar-refractivity contribution in [1.29, 1.82) is 0 Å². The van der Waals surface area contributed by atoms with Crippen LogP contribution < -0.4 is 10.5 Å². The molecule has 1 saturated heterocycles. The minimum atomic E-state index is 0. The second-order valence-corrected chi connectivity index (χ2v) is 6.57. The lowest BCUT2D eigenvalue weighted by Gasteiger charge is -2.38. The first kappa shape index (κ1) is 21.2. The van der Waals surface area contributed by atoms with Gasteiger partial charge in [-0.25, -0.2) is 0 Å². The number of halogens is 1. The van der Waals surface area contributed by atoms with Crippen LogP contribution in [0.15, 0.2) is 54.6 Å². The molecule has 2 unspecified atom stereocenters. The normalized spacial score (nSPS) is 19.3. The highest BCUT2D eigenvalue weighted by atomic mass is 35.5. The molecule has 1 amide bonds. The molecule has 2 aromatic carbocycles. The predicted molar refractivity (Wildman–Crippen MR) is 108 cm³/mol. The maximum absolute atomic E-state index is 12.8. The number of carbonyl (C=O) groups excluding carboxylic acids is 1. The summed E-state index contributed by atoms with van der Waals surface area (Å²) in [4.78, 5) is 14.7. The van der Waals surface area contributed by atoms with Crippen molar-refractivity contribution in [3.63, 3.8) is 0 Å². The third-order valence-electron chi connectivity index (χ3n) is 4.88. The van der Waals surface area contributed by atoms with Gasteiger partial charge in [-0.1, -0.05) is 30.3 Å². The average Bonchev–Trinajstić information content (AvgIpc) is 2.72.